The first-order chi connectivity index (χ1) is 21.6. The molecule has 5 aromatic rings. The molecule has 0 radical (unpaired) electrons. The lowest BCUT2D eigenvalue weighted by atomic mass is 9.97. The van der Waals surface area contributed by atoms with E-state index < -0.39 is 18.1 Å². The molecule has 0 unspecified atom stereocenters. The molecule has 0 fully saturated rings. The summed E-state index contributed by atoms with van der Waals surface area (Å²) in [6, 6.07) is 18.0. The number of benzene rings is 2. The topological polar surface area (TPSA) is 161 Å². The van der Waals surface area contributed by atoms with Crippen LogP contribution in [-0.2, 0) is 17.9 Å². The van der Waals surface area contributed by atoms with Gasteiger partial charge in [-0.3, -0.25) is 14.8 Å². The van der Waals surface area contributed by atoms with Gasteiger partial charge in [-0.25, -0.2) is 9.78 Å². The molecule has 0 saturated heterocycles. The monoisotopic (exact) mass is 619 g/mol. The summed E-state index contributed by atoms with van der Waals surface area (Å²) < 4.78 is 42.3. The van der Waals surface area contributed by atoms with Crippen molar-refractivity contribution in [2.75, 3.05) is 7.05 Å². The Kier molecular flexibility index (Phi) is 10.1. The normalized spacial score (nSPS) is 11.0. The van der Waals surface area contributed by atoms with Gasteiger partial charge in [0.15, 0.2) is 0 Å². The van der Waals surface area contributed by atoms with Crippen LogP contribution in [0.5, 0.6) is 11.5 Å². The molecule has 2 aromatic carbocycles. The van der Waals surface area contributed by atoms with Crippen molar-refractivity contribution in [1.82, 2.24) is 20.3 Å². The van der Waals surface area contributed by atoms with E-state index in [0.29, 0.717) is 44.5 Å². The van der Waals surface area contributed by atoms with Gasteiger partial charge < -0.3 is 26.0 Å². The van der Waals surface area contributed by atoms with E-state index >= 15 is 0 Å². The summed E-state index contributed by atoms with van der Waals surface area (Å²) in [5.41, 5.74) is 8.38. The van der Waals surface area contributed by atoms with Crippen LogP contribution in [0, 0.1) is 6.92 Å². The number of aliphatic hydroxyl groups excluding tert-OH is 1. The lowest BCUT2D eigenvalue weighted by molar-refractivity contribution is -0.189. The summed E-state index contributed by atoms with van der Waals surface area (Å²) in [6.07, 6.45) is -2.28. The standard InChI is InChI=1S/C31H23F3N4O5.CH5N/c1-17-28(40)24(20(16-39)14-36-17)15-37-29(41)27-23-13-22(18-5-3-2-4-6-18)26(38-25(23)11-12-35-27)19-7-9-21(10-8-19)43-30(42)31(32,33)34;1-2/h2-14,39-40H,15-16H2,1H3,(H,37,41);2H2,1H3. The van der Waals surface area contributed by atoms with Crippen molar-refractivity contribution < 1.29 is 37.7 Å². The smallest absolute Gasteiger partial charge is 0.491 e. The predicted octanol–water partition coefficient (Wildman–Crippen LogP) is 4.84. The summed E-state index contributed by atoms with van der Waals surface area (Å²) >= 11 is 0. The van der Waals surface area contributed by atoms with Gasteiger partial charge in [-0.15, -0.1) is 0 Å². The second-order valence-electron chi connectivity index (χ2n) is 9.43. The zero-order valence-corrected chi connectivity index (χ0v) is 24.1. The highest BCUT2D eigenvalue weighted by Gasteiger charge is 2.41. The third-order valence-electron chi connectivity index (χ3n) is 6.64. The Morgan fingerprint density at radius 3 is 2.31 bits per heavy atom. The number of esters is 1. The van der Waals surface area contributed by atoms with Crippen LogP contribution in [0.2, 0.25) is 0 Å². The average Bonchev–Trinajstić information content (AvgIpc) is 3.05. The number of ether oxygens (including phenoxy) is 1. The molecule has 0 aliphatic heterocycles. The fraction of sp³-hybridized carbons (Fsp3) is 0.156. The van der Waals surface area contributed by atoms with Crippen molar-refractivity contribution in [2.24, 2.45) is 5.73 Å². The van der Waals surface area contributed by atoms with Crippen LogP contribution in [0.25, 0.3) is 33.3 Å². The Hall–Kier alpha value is -5.40. The summed E-state index contributed by atoms with van der Waals surface area (Å²) in [7, 11) is 1.50. The van der Waals surface area contributed by atoms with E-state index in [-0.39, 0.29) is 30.3 Å². The van der Waals surface area contributed by atoms with Gasteiger partial charge in [-0.2, -0.15) is 13.2 Å². The van der Waals surface area contributed by atoms with Gasteiger partial charge in [-0.1, -0.05) is 30.3 Å². The number of aromatic hydroxyl groups is 1. The summed E-state index contributed by atoms with van der Waals surface area (Å²) in [6.45, 7) is 1.13. The fourth-order valence-corrected chi connectivity index (χ4v) is 4.45. The van der Waals surface area contributed by atoms with E-state index in [1.54, 1.807) is 19.1 Å². The first-order valence-corrected chi connectivity index (χ1v) is 13.4. The Morgan fingerprint density at radius 2 is 1.67 bits per heavy atom. The number of aromatic nitrogens is 3. The molecule has 10 nitrogen and oxygen atoms in total. The first kappa shape index (κ1) is 32.5. The number of rotatable bonds is 7. The van der Waals surface area contributed by atoms with Crippen molar-refractivity contribution >= 4 is 22.8 Å². The molecule has 0 spiro atoms. The minimum atomic E-state index is -5.13. The molecule has 0 atom stereocenters. The maximum absolute atomic E-state index is 13.3. The summed E-state index contributed by atoms with van der Waals surface area (Å²) in [5.74, 6) is -3.28. The van der Waals surface area contributed by atoms with Crippen molar-refractivity contribution in [1.29, 1.82) is 0 Å². The zero-order chi connectivity index (χ0) is 32.7. The third-order valence-corrected chi connectivity index (χ3v) is 6.64. The molecular formula is C32H28F3N5O5. The number of halogens is 3. The highest BCUT2D eigenvalue weighted by molar-refractivity contribution is 6.06. The average molecular weight is 620 g/mol. The van der Waals surface area contributed by atoms with Crippen molar-refractivity contribution in [3.8, 4) is 33.9 Å². The Morgan fingerprint density at radius 1 is 0.978 bits per heavy atom. The Bertz CT molecular complexity index is 1830. The van der Waals surface area contributed by atoms with Gasteiger partial charge in [-0.05, 0) is 55.9 Å². The zero-order valence-electron chi connectivity index (χ0n) is 24.1. The van der Waals surface area contributed by atoms with Crippen LogP contribution < -0.4 is 15.8 Å². The highest BCUT2D eigenvalue weighted by Crippen LogP contribution is 2.35. The van der Waals surface area contributed by atoms with Gasteiger partial charge in [0.2, 0.25) is 0 Å². The molecule has 3 aromatic heterocycles. The quantitative estimate of drug-likeness (QED) is 0.148. The molecule has 0 bridgehead atoms. The highest BCUT2D eigenvalue weighted by atomic mass is 19.4. The van der Waals surface area contributed by atoms with Crippen LogP contribution in [0.15, 0.2) is 79.1 Å². The molecule has 3 heterocycles. The Labute approximate surface area is 255 Å². The number of carbonyl (C=O) groups is 2. The van der Waals surface area contributed by atoms with E-state index in [9.17, 15) is 33.0 Å². The third kappa shape index (κ3) is 7.22. The van der Waals surface area contributed by atoms with Gasteiger partial charge in [0, 0.05) is 46.6 Å². The number of hydrogen-bond acceptors (Lipinski definition) is 9. The second-order valence-corrected chi connectivity index (χ2v) is 9.43. The van der Waals surface area contributed by atoms with Crippen molar-refractivity contribution in [2.45, 2.75) is 26.3 Å². The van der Waals surface area contributed by atoms with E-state index in [1.165, 1.54) is 43.7 Å². The van der Waals surface area contributed by atoms with E-state index in [4.69, 9.17) is 4.98 Å². The largest absolute Gasteiger partial charge is 0.506 e. The van der Waals surface area contributed by atoms with Crippen molar-refractivity contribution in [3.05, 3.63) is 102 Å². The minimum absolute atomic E-state index is 0.0685. The first-order valence-electron chi connectivity index (χ1n) is 13.4. The van der Waals surface area contributed by atoms with Gasteiger partial charge in [0.05, 0.1) is 23.5 Å². The van der Waals surface area contributed by atoms with Gasteiger partial charge in [0.25, 0.3) is 5.91 Å². The molecule has 0 aliphatic rings. The summed E-state index contributed by atoms with van der Waals surface area (Å²) in [5, 5.41) is 23.3. The van der Waals surface area contributed by atoms with Gasteiger partial charge in [0.1, 0.15) is 17.2 Å². The fourth-order valence-electron chi connectivity index (χ4n) is 4.45. The molecular weight excluding hydrogens is 591 g/mol. The van der Waals surface area contributed by atoms with E-state index in [1.807, 2.05) is 30.3 Å². The van der Waals surface area contributed by atoms with Crippen LogP contribution >= 0.6 is 0 Å². The SMILES string of the molecule is CN.Cc1ncc(CO)c(CNC(=O)c2nccc3nc(-c4ccc(OC(=O)C(F)(F)F)cc4)c(-c4ccccc4)cc23)c1O. The number of nitrogens with zero attached hydrogens (tertiary/aromatic N) is 3. The number of aryl methyl sites for hydroxylation is 1. The molecule has 5 N–H and O–H groups in total. The van der Waals surface area contributed by atoms with Crippen LogP contribution in [0.4, 0.5) is 13.2 Å². The number of alkyl halides is 3. The molecule has 13 heteroatoms. The Balaban J connectivity index is 0.00000226. The number of hydrogen-bond donors (Lipinski definition) is 4. The maximum Gasteiger partial charge on any atom is 0.491 e. The number of nitrogens with one attached hydrogen (secondary N) is 1. The number of nitrogens with two attached hydrogens (primary N) is 1. The number of carbonyl (C=O) groups excluding carboxylic acids is 2. The lowest BCUT2D eigenvalue weighted by Crippen LogP contribution is -2.27. The molecule has 1 amide bonds. The number of fused-ring (bicyclic) bond motifs is 1. The maximum atomic E-state index is 13.3. The second kappa shape index (κ2) is 13.9. The molecule has 45 heavy (non-hydrogen) atoms. The number of amides is 1. The lowest BCUT2D eigenvalue weighted by Gasteiger charge is -2.15. The molecule has 0 saturated carbocycles. The molecule has 5 rings (SSSR count). The van der Waals surface area contributed by atoms with E-state index in [0.717, 1.165) is 5.56 Å². The van der Waals surface area contributed by atoms with Crippen LogP contribution in [0.3, 0.4) is 0 Å². The number of pyridine rings is 3. The minimum Gasteiger partial charge on any atom is -0.506 e. The van der Waals surface area contributed by atoms with E-state index in [2.05, 4.69) is 25.8 Å². The van der Waals surface area contributed by atoms with Gasteiger partial charge >= 0.3 is 12.1 Å². The van der Waals surface area contributed by atoms with Crippen molar-refractivity contribution in [3.63, 3.8) is 0 Å². The number of aliphatic hydroxyl groups is 1. The molecule has 232 valence electrons. The predicted molar refractivity (Wildman–Crippen MR) is 160 cm³/mol. The van der Waals surface area contributed by atoms with Crippen LogP contribution in [0.1, 0.15) is 27.3 Å². The summed E-state index contributed by atoms with van der Waals surface area (Å²) in [4.78, 5) is 37.7. The molecule has 0 aliphatic carbocycles. The van der Waals surface area contributed by atoms with Crippen LogP contribution in [-0.4, -0.2) is 50.3 Å².